The van der Waals surface area contributed by atoms with Crippen molar-refractivity contribution in [2.75, 3.05) is 5.32 Å². The Morgan fingerprint density at radius 2 is 1.79 bits per heavy atom. The Labute approximate surface area is 143 Å². The van der Waals surface area contributed by atoms with Gasteiger partial charge >= 0.3 is 6.18 Å². The van der Waals surface area contributed by atoms with Crippen LogP contribution < -0.4 is 5.32 Å². The zero-order chi connectivity index (χ0) is 17.2. The fourth-order valence-electron chi connectivity index (χ4n) is 2.96. The number of aromatic nitrogens is 2. The number of rotatable bonds is 3. The van der Waals surface area contributed by atoms with Gasteiger partial charge in [0.25, 0.3) is 0 Å². The molecule has 0 saturated heterocycles. The van der Waals surface area contributed by atoms with Gasteiger partial charge in [0.2, 0.25) is 5.95 Å². The first kappa shape index (κ1) is 17.2. The summed E-state index contributed by atoms with van der Waals surface area (Å²) in [5.41, 5.74) is -0.568. The Hall–Kier alpha value is -1.63. The van der Waals surface area contributed by atoms with Crippen LogP contribution in [0.3, 0.4) is 0 Å². The molecule has 2 aromatic heterocycles. The first-order valence-electron chi connectivity index (χ1n) is 8.21. The highest BCUT2D eigenvalue weighted by atomic mass is 32.1. The van der Waals surface area contributed by atoms with E-state index >= 15 is 0 Å². The predicted molar refractivity (Wildman–Crippen MR) is 90.2 cm³/mol. The van der Waals surface area contributed by atoms with Gasteiger partial charge in [-0.1, -0.05) is 25.7 Å². The van der Waals surface area contributed by atoms with Crippen LogP contribution in [0.2, 0.25) is 0 Å². The third-order valence-electron chi connectivity index (χ3n) is 4.20. The van der Waals surface area contributed by atoms with Crippen molar-refractivity contribution in [3.63, 3.8) is 0 Å². The Kier molecular flexibility index (Phi) is 5.08. The minimum absolute atomic E-state index is 0.0813. The van der Waals surface area contributed by atoms with E-state index in [1.54, 1.807) is 6.07 Å². The van der Waals surface area contributed by atoms with Gasteiger partial charge in [-0.05, 0) is 38.0 Å². The van der Waals surface area contributed by atoms with Crippen LogP contribution in [0, 0.1) is 6.92 Å². The zero-order valence-corrected chi connectivity index (χ0v) is 14.3. The van der Waals surface area contributed by atoms with Crippen LogP contribution >= 0.6 is 11.3 Å². The van der Waals surface area contributed by atoms with Gasteiger partial charge in [-0.25, -0.2) is 9.97 Å². The second-order valence-electron chi connectivity index (χ2n) is 6.20. The van der Waals surface area contributed by atoms with Crippen molar-refractivity contribution in [1.82, 2.24) is 9.97 Å². The molecule has 1 saturated carbocycles. The molecule has 0 amide bonds. The van der Waals surface area contributed by atoms with Crippen molar-refractivity contribution < 1.29 is 13.2 Å². The van der Waals surface area contributed by atoms with Gasteiger partial charge in [-0.3, -0.25) is 0 Å². The lowest BCUT2D eigenvalue weighted by atomic mass is 10.1. The fourth-order valence-corrected chi connectivity index (χ4v) is 3.79. The topological polar surface area (TPSA) is 37.8 Å². The van der Waals surface area contributed by atoms with Crippen LogP contribution in [0.15, 0.2) is 18.2 Å². The number of anilines is 1. The van der Waals surface area contributed by atoms with Crippen molar-refractivity contribution in [2.45, 2.75) is 57.7 Å². The predicted octanol–water partition coefficient (Wildman–Crippen LogP) is 5.67. The van der Waals surface area contributed by atoms with Gasteiger partial charge in [0.05, 0.1) is 10.6 Å². The first-order valence-corrected chi connectivity index (χ1v) is 9.03. The molecule has 0 spiro atoms. The van der Waals surface area contributed by atoms with Gasteiger partial charge in [-0.15, -0.1) is 11.3 Å². The third kappa shape index (κ3) is 4.26. The standard InChI is InChI=1S/C17H20F3N3S/c1-11-8-9-14(24-11)13-10-15(17(18,19)20)23-16(22-13)21-12-6-4-2-3-5-7-12/h8-10,12H,2-7H2,1H3,(H,21,22,23). The molecule has 1 aliphatic carbocycles. The molecular weight excluding hydrogens is 335 g/mol. The molecule has 0 radical (unpaired) electrons. The summed E-state index contributed by atoms with van der Waals surface area (Å²) in [7, 11) is 0. The van der Waals surface area contributed by atoms with Crippen molar-refractivity contribution in [3.05, 3.63) is 28.8 Å². The second kappa shape index (κ2) is 7.09. The minimum atomic E-state index is -4.48. The van der Waals surface area contributed by atoms with E-state index in [-0.39, 0.29) is 12.0 Å². The number of hydrogen-bond acceptors (Lipinski definition) is 4. The Bertz CT molecular complexity index is 689. The number of thiophene rings is 1. The van der Waals surface area contributed by atoms with Crippen molar-refractivity contribution in [3.8, 4) is 10.6 Å². The molecule has 7 heteroatoms. The summed E-state index contributed by atoms with van der Waals surface area (Å²) in [5.74, 6) is 0.0813. The number of hydrogen-bond donors (Lipinski definition) is 1. The highest BCUT2D eigenvalue weighted by Crippen LogP contribution is 2.33. The molecule has 0 bridgehead atoms. The molecule has 3 nitrogen and oxygen atoms in total. The van der Waals surface area contributed by atoms with Crippen molar-refractivity contribution >= 4 is 17.3 Å². The Balaban J connectivity index is 1.92. The van der Waals surface area contributed by atoms with Gasteiger partial charge in [0.1, 0.15) is 0 Å². The summed E-state index contributed by atoms with van der Waals surface area (Å²) >= 11 is 1.43. The van der Waals surface area contributed by atoms with Crippen LogP contribution in [0.4, 0.5) is 19.1 Å². The summed E-state index contributed by atoms with van der Waals surface area (Å²) in [5, 5.41) is 3.13. The number of nitrogens with one attached hydrogen (secondary N) is 1. The van der Waals surface area contributed by atoms with Gasteiger partial charge in [-0.2, -0.15) is 13.2 Å². The third-order valence-corrected chi connectivity index (χ3v) is 5.22. The molecule has 130 valence electrons. The maximum absolute atomic E-state index is 13.2. The van der Waals surface area contributed by atoms with E-state index in [4.69, 9.17) is 0 Å². The lowest BCUT2D eigenvalue weighted by molar-refractivity contribution is -0.141. The highest BCUT2D eigenvalue weighted by molar-refractivity contribution is 7.15. The van der Waals surface area contributed by atoms with Crippen LogP contribution in [-0.2, 0) is 6.18 Å². The highest BCUT2D eigenvalue weighted by Gasteiger charge is 2.34. The lowest BCUT2D eigenvalue weighted by Gasteiger charge is -2.17. The molecule has 1 fully saturated rings. The maximum Gasteiger partial charge on any atom is 0.433 e. The fraction of sp³-hybridized carbons (Fsp3) is 0.529. The average Bonchev–Trinajstić information content (AvgIpc) is 2.79. The van der Waals surface area contributed by atoms with Crippen LogP contribution in [-0.4, -0.2) is 16.0 Å². The Morgan fingerprint density at radius 3 is 2.38 bits per heavy atom. The smallest absolute Gasteiger partial charge is 0.351 e. The largest absolute Gasteiger partial charge is 0.433 e. The number of nitrogens with zero attached hydrogens (tertiary/aromatic N) is 2. The Morgan fingerprint density at radius 1 is 1.08 bits per heavy atom. The summed E-state index contributed by atoms with van der Waals surface area (Å²) in [4.78, 5) is 9.83. The lowest BCUT2D eigenvalue weighted by Crippen LogP contribution is -2.21. The molecule has 3 rings (SSSR count). The molecule has 24 heavy (non-hydrogen) atoms. The number of halogens is 3. The number of alkyl halides is 3. The first-order chi connectivity index (χ1) is 11.4. The minimum Gasteiger partial charge on any atom is -0.351 e. The maximum atomic E-state index is 13.2. The van der Waals surface area contributed by atoms with E-state index in [1.165, 1.54) is 24.2 Å². The monoisotopic (exact) mass is 355 g/mol. The van der Waals surface area contributed by atoms with Crippen molar-refractivity contribution in [1.29, 1.82) is 0 Å². The summed E-state index contributed by atoms with van der Waals surface area (Å²) in [6.07, 6.45) is 1.97. The SMILES string of the molecule is Cc1ccc(-c2cc(C(F)(F)F)nc(NC3CCCCCC3)n2)s1. The molecule has 0 aromatic carbocycles. The second-order valence-corrected chi connectivity index (χ2v) is 7.49. The van der Waals surface area contributed by atoms with Gasteiger partial charge in [0.15, 0.2) is 5.69 Å². The molecule has 1 N–H and O–H groups in total. The summed E-state index contributed by atoms with van der Waals surface area (Å²) < 4.78 is 39.6. The zero-order valence-electron chi connectivity index (χ0n) is 13.5. The normalized spacial score (nSPS) is 16.8. The summed E-state index contributed by atoms with van der Waals surface area (Å²) in [6.45, 7) is 1.92. The molecule has 0 unspecified atom stereocenters. The quantitative estimate of drug-likeness (QED) is 0.721. The van der Waals surface area contributed by atoms with Crippen LogP contribution in [0.5, 0.6) is 0 Å². The molecule has 2 heterocycles. The molecule has 0 atom stereocenters. The van der Waals surface area contributed by atoms with Crippen molar-refractivity contribution in [2.24, 2.45) is 0 Å². The summed E-state index contributed by atoms with van der Waals surface area (Å²) in [6, 6.07) is 4.86. The van der Waals surface area contributed by atoms with E-state index in [1.807, 2.05) is 13.0 Å². The molecule has 2 aromatic rings. The van der Waals surface area contributed by atoms with Crippen LogP contribution in [0.25, 0.3) is 10.6 Å². The molecule has 1 aliphatic rings. The molecular formula is C17H20F3N3S. The van der Waals surface area contributed by atoms with Crippen LogP contribution in [0.1, 0.15) is 49.1 Å². The van der Waals surface area contributed by atoms with Gasteiger partial charge < -0.3 is 5.32 Å². The number of aryl methyl sites for hydroxylation is 1. The molecule has 0 aliphatic heterocycles. The van der Waals surface area contributed by atoms with E-state index in [9.17, 15) is 13.2 Å². The van der Waals surface area contributed by atoms with E-state index in [0.717, 1.165) is 41.5 Å². The average molecular weight is 355 g/mol. The van der Waals surface area contributed by atoms with Gasteiger partial charge in [0, 0.05) is 10.9 Å². The van der Waals surface area contributed by atoms with E-state index in [0.29, 0.717) is 5.69 Å². The van der Waals surface area contributed by atoms with E-state index < -0.39 is 11.9 Å². The van der Waals surface area contributed by atoms with E-state index in [2.05, 4.69) is 15.3 Å².